The highest BCUT2D eigenvalue weighted by molar-refractivity contribution is 5.89. The summed E-state index contributed by atoms with van der Waals surface area (Å²) in [5.41, 5.74) is 0.347. The number of esters is 1. The Morgan fingerprint density at radius 2 is 2.14 bits per heavy atom. The van der Waals surface area contributed by atoms with E-state index in [1.807, 2.05) is 0 Å². The predicted molar refractivity (Wildman–Crippen MR) is 70.4 cm³/mol. The van der Waals surface area contributed by atoms with E-state index in [9.17, 15) is 18.8 Å². The van der Waals surface area contributed by atoms with Crippen LogP contribution in [0.15, 0.2) is 24.3 Å². The molecule has 112 valence electrons. The number of hydrogen-bond donors (Lipinski definition) is 2. The van der Waals surface area contributed by atoms with E-state index in [1.165, 1.54) is 6.07 Å². The zero-order chi connectivity index (χ0) is 15.2. The Morgan fingerprint density at radius 1 is 1.38 bits per heavy atom. The summed E-state index contributed by atoms with van der Waals surface area (Å²) in [6.07, 6.45) is 0.647. The molecule has 2 rings (SSSR count). The summed E-state index contributed by atoms with van der Waals surface area (Å²) < 4.78 is 18.1. The maximum absolute atomic E-state index is 13.3. The van der Waals surface area contributed by atoms with E-state index >= 15 is 0 Å². The molecule has 1 atom stereocenters. The Morgan fingerprint density at radius 3 is 2.81 bits per heavy atom. The highest BCUT2D eigenvalue weighted by Gasteiger charge is 2.28. The molecule has 0 saturated carbocycles. The molecule has 6 nitrogen and oxygen atoms in total. The number of carbonyl (C=O) groups excluding carboxylic acids is 3. The van der Waals surface area contributed by atoms with Crippen LogP contribution in [0.4, 0.5) is 4.39 Å². The largest absolute Gasteiger partial charge is 0.454 e. The van der Waals surface area contributed by atoms with Gasteiger partial charge in [-0.2, -0.15) is 0 Å². The van der Waals surface area contributed by atoms with Gasteiger partial charge in [-0.05, 0) is 12.5 Å². The molecule has 1 aromatic rings. The molecule has 0 aromatic heterocycles. The molecule has 0 unspecified atom stereocenters. The SMILES string of the molecule is O=C(COC(=O)[C@H]1CCC(=O)N1)NCc1ccccc1F. The summed E-state index contributed by atoms with van der Waals surface area (Å²) >= 11 is 0. The fourth-order valence-corrected chi connectivity index (χ4v) is 1.91. The minimum Gasteiger partial charge on any atom is -0.454 e. The van der Waals surface area contributed by atoms with E-state index in [-0.39, 0.29) is 18.9 Å². The summed E-state index contributed by atoms with van der Waals surface area (Å²) in [6, 6.07) is 5.38. The number of nitrogens with one attached hydrogen (secondary N) is 2. The molecule has 1 aliphatic rings. The first kappa shape index (κ1) is 15.0. The van der Waals surface area contributed by atoms with Gasteiger partial charge in [0.25, 0.3) is 5.91 Å². The molecule has 7 heteroatoms. The van der Waals surface area contributed by atoms with Crippen LogP contribution in [0.2, 0.25) is 0 Å². The smallest absolute Gasteiger partial charge is 0.329 e. The van der Waals surface area contributed by atoms with Crippen molar-refractivity contribution in [1.29, 1.82) is 0 Å². The van der Waals surface area contributed by atoms with Crippen LogP contribution in [-0.2, 0) is 25.7 Å². The van der Waals surface area contributed by atoms with E-state index in [0.717, 1.165) is 0 Å². The zero-order valence-corrected chi connectivity index (χ0v) is 11.2. The number of ether oxygens (including phenoxy) is 1. The van der Waals surface area contributed by atoms with Crippen LogP contribution in [0, 0.1) is 5.82 Å². The average Bonchev–Trinajstić information content (AvgIpc) is 2.90. The molecule has 1 aliphatic heterocycles. The van der Waals surface area contributed by atoms with Gasteiger partial charge in [0.1, 0.15) is 11.9 Å². The van der Waals surface area contributed by atoms with Crippen molar-refractivity contribution in [2.24, 2.45) is 0 Å². The van der Waals surface area contributed by atoms with Gasteiger partial charge in [0.2, 0.25) is 5.91 Å². The lowest BCUT2D eigenvalue weighted by Crippen LogP contribution is -2.37. The summed E-state index contributed by atoms with van der Waals surface area (Å²) in [5, 5.41) is 4.90. The van der Waals surface area contributed by atoms with Crippen LogP contribution in [0.3, 0.4) is 0 Å². The van der Waals surface area contributed by atoms with Crippen molar-refractivity contribution in [1.82, 2.24) is 10.6 Å². The Kier molecular flexibility index (Phi) is 4.86. The fraction of sp³-hybridized carbons (Fsp3) is 0.357. The van der Waals surface area contributed by atoms with Gasteiger partial charge >= 0.3 is 5.97 Å². The summed E-state index contributed by atoms with van der Waals surface area (Å²) in [7, 11) is 0. The van der Waals surface area contributed by atoms with Crippen molar-refractivity contribution < 1.29 is 23.5 Å². The number of halogens is 1. The van der Waals surface area contributed by atoms with Gasteiger partial charge in [-0.15, -0.1) is 0 Å². The van der Waals surface area contributed by atoms with Crippen molar-refractivity contribution >= 4 is 17.8 Å². The Labute approximate surface area is 120 Å². The minimum atomic E-state index is -0.683. The monoisotopic (exact) mass is 294 g/mol. The van der Waals surface area contributed by atoms with E-state index in [4.69, 9.17) is 4.74 Å². The first-order chi connectivity index (χ1) is 10.1. The normalized spacial score (nSPS) is 17.2. The van der Waals surface area contributed by atoms with Crippen molar-refractivity contribution in [3.05, 3.63) is 35.6 Å². The molecule has 1 fully saturated rings. The summed E-state index contributed by atoms with van der Waals surface area (Å²) in [4.78, 5) is 34.0. The summed E-state index contributed by atoms with van der Waals surface area (Å²) in [6.45, 7) is -0.442. The lowest BCUT2D eigenvalue weighted by atomic mass is 10.2. The van der Waals surface area contributed by atoms with Crippen molar-refractivity contribution in [2.75, 3.05) is 6.61 Å². The van der Waals surface area contributed by atoms with Gasteiger partial charge in [-0.1, -0.05) is 18.2 Å². The van der Waals surface area contributed by atoms with Gasteiger partial charge in [0, 0.05) is 18.5 Å². The molecular formula is C14H15FN2O4. The third kappa shape index (κ3) is 4.27. The zero-order valence-electron chi connectivity index (χ0n) is 11.2. The van der Waals surface area contributed by atoms with Crippen LogP contribution in [0.25, 0.3) is 0 Å². The van der Waals surface area contributed by atoms with Crippen LogP contribution in [-0.4, -0.2) is 30.4 Å². The molecule has 1 heterocycles. The highest BCUT2D eigenvalue weighted by atomic mass is 19.1. The molecule has 0 aliphatic carbocycles. The van der Waals surface area contributed by atoms with E-state index in [1.54, 1.807) is 18.2 Å². The predicted octanol–water partition coefficient (Wildman–Crippen LogP) is 0.264. The molecule has 0 spiro atoms. The van der Waals surface area contributed by atoms with Crippen molar-refractivity contribution in [2.45, 2.75) is 25.4 Å². The Hall–Kier alpha value is -2.44. The first-order valence-electron chi connectivity index (χ1n) is 6.52. The van der Waals surface area contributed by atoms with Gasteiger partial charge < -0.3 is 15.4 Å². The quantitative estimate of drug-likeness (QED) is 0.763. The standard InChI is InChI=1S/C14H15FN2O4/c15-10-4-2-1-3-9(10)7-16-13(19)8-21-14(20)11-5-6-12(18)17-11/h1-4,11H,5-8H2,(H,16,19)(H,17,18)/t11-/m1/s1. The number of amides is 2. The Bertz CT molecular complexity index is 562. The van der Waals surface area contributed by atoms with Gasteiger partial charge in [0.15, 0.2) is 6.61 Å². The maximum Gasteiger partial charge on any atom is 0.329 e. The van der Waals surface area contributed by atoms with Crippen LogP contribution in [0.5, 0.6) is 0 Å². The second-order valence-corrected chi connectivity index (χ2v) is 4.63. The molecule has 1 aromatic carbocycles. The molecular weight excluding hydrogens is 279 g/mol. The molecule has 2 amide bonds. The topological polar surface area (TPSA) is 84.5 Å². The molecule has 0 bridgehead atoms. The van der Waals surface area contributed by atoms with Crippen LogP contribution < -0.4 is 10.6 Å². The minimum absolute atomic E-state index is 0.0171. The van der Waals surface area contributed by atoms with Gasteiger partial charge in [-0.3, -0.25) is 9.59 Å². The second-order valence-electron chi connectivity index (χ2n) is 4.63. The number of rotatable bonds is 5. The van der Waals surface area contributed by atoms with E-state index < -0.39 is 30.3 Å². The third-order valence-corrected chi connectivity index (χ3v) is 3.06. The number of hydrogen-bond acceptors (Lipinski definition) is 4. The van der Waals surface area contributed by atoms with Crippen LogP contribution in [0.1, 0.15) is 18.4 Å². The Balaban J connectivity index is 1.71. The first-order valence-corrected chi connectivity index (χ1v) is 6.52. The molecule has 0 radical (unpaired) electrons. The second kappa shape index (κ2) is 6.83. The van der Waals surface area contributed by atoms with Gasteiger partial charge in [-0.25, -0.2) is 9.18 Å². The van der Waals surface area contributed by atoms with Crippen molar-refractivity contribution in [3.8, 4) is 0 Å². The highest BCUT2D eigenvalue weighted by Crippen LogP contribution is 2.08. The summed E-state index contributed by atoms with van der Waals surface area (Å²) in [5.74, 6) is -1.79. The molecule has 2 N–H and O–H groups in total. The van der Waals surface area contributed by atoms with Crippen LogP contribution >= 0.6 is 0 Å². The molecule has 1 saturated heterocycles. The third-order valence-electron chi connectivity index (χ3n) is 3.06. The fourth-order valence-electron chi connectivity index (χ4n) is 1.91. The average molecular weight is 294 g/mol. The van der Waals surface area contributed by atoms with Gasteiger partial charge in [0.05, 0.1) is 0 Å². The lowest BCUT2D eigenvalue weighted by molar-refractivity contribution is -0.150. The van der Waals surface area contributed by atoms with Crippen molar-refractivity contribution in [3.63, 3.8) is 0 Å². The number of carbonyl (C=O) groups is 3. The van der Waals surface area contributed by atoms with E-state index in [0.29, 0.717) is 12.0 Å². The lowest BCUT2D eigenvalue weighted by Gasteiger charge is -2.10. The molecule has 21 heavy (non-hydrogen) atoms. The number of benzene rings is 1. The van der Waals surface area contributed by atoms with E-state index in [2.05, 4.69) is 10.6 Å². The maximum atomic E-state index is 13.3.